The highest BCUT2D eigenvalue weighted by atomic mass is 16.3. The van der Waals surface area contributed by atoms with Crippen molar-refractivity contribution < 1.29 is 9.21 Å². The number of rotatable bonds is 4. The van der Waals surface area contributed by atoms with Gasteiger partial charge in [0, 0.05) is 36.9 Å². The fraction of sp³-hybridized carbons (Fsp3) is 0.368. The molecule has 0 aromatic carbocycles. The molecule has 0 spiro atoms. The second-order valence-electron chi connectivity index (χ2n) is 6.60. The van der Waals surface area contributed by atoms with Crippen molar-refractivity contribution >= 4 is 11.4 Å². The minimum absolute atomic E-state index is 0.0582. The average Bonchev–Trinajstić information content (AvgIpc) is 3.31. The number of likely N-dealkylation sites (tertiary alicyclic amines) is 1. The largest absolute Gasteiger partial charge is 0.472 e. The fourth-order valence-corrected chi connectivity index (χ4v) is 3.55. The van der Waals surface area contributed by atoms with Gasteiger partial charge in [-0.1, -0.05) is 6.07 Å². The van der Waals surface area contributed by atoms with Crippen molar-refractivity contribution in [2.24, 2.45) is 0 Å². The van der Waals surface area contributed by atoms with E-state index in [1.54, 1.807) is 12.3 Å². The van der Waals surface area contributed by atoms with Gasteiger partial charge in [0.1, 0.15) is 6.26 Å². The van der Waals surface area contributed by atoms with Crippen molar-refractivity contribution in [1.29, 1.82) is 0 Å². The van der Waals surface area contributed by atoms with Gasteiger partial charge in [0.2, 0.25) is 0 Å². The summed E-state index contributed by atoms with van der Waals surface area (Å²) in [5.41, 5.74) is 2.97. The maximum atomic E-state index is 12.4. The number of fused-ring (bicyclic) bond motifs is 1. The van der Waals surface area contributed by atoms with Crippen LogP contribution < -0.4 is 5.32 Å². The van der Waals surface area contributed by atoms with E-state index in [-0.39, 0.29) is 11.9 Å². The van der Waals surface area contributed by atoms with Crippen molar-refractivity contribution in [3.63, 3.8) is 0 Å². The molecule has 1 saturated heterocycles. The Labute approximate surface area is 146 Å². The third-order valence-corrected chi connectivity index (χ3v) is 4.96. The number of nitrogens with one attached hydrogen (secondary N) is 1. The van der Waals surface area contributed by atoms with Gasteiger partial charge in [0.25, 0.3) is 5.91 Å². The number of pyridine rings is 1. The van der Waals surface area contributed by atoms with Gasteiger partial charge >= 0.3 is 0 Å². The summed E-state index contributed by atoms with van der Waals surface area (Å²) in [5.74, 6) is 0.0582. The summed E-state index contributed by atoms with van der Waals surface area (Å²) in [7, 11) is 0. The van der Waals surface area contributed by atoms with Gasteiger partial charge < -0.3 is 14.6 Å². The summed E-state index contributed by atoms with van der Waals surface area (Å²) >= 11 is 0. The van der Waals surface area contributed by atoms with E-state index in [4.69, 9.17) is 4.42 Å². The van der Waals surface area contributed by atoms with E-state index in [1.807, 2.05) is 33.9 Å². The molecule has 25 heavy (non-hydrogen) atoms. The van der Waals surface area contributed by atoms with Gasteiger partial charge in [0.05, 0.1) is 23.5 Å². The first-order chi connectivity index (χ1) is 12.2. The molecule has 0 aliphatic carbocycles. The Hall–Kier alpha value is -2.60. The summed E-state index contributed by atoms with van der Waals surface area (Å²) in [6, 6.07) is 8.46. The van der Waals surface area contributed by atoms with Crippen LogP contribution in [-0.2, 0) is 0 Å². The van der Waals surface area contributed by atoms with Crippen molar-refractivity contribution in [3.8, 4) is 0 Å². The molecular formula is C19H22N4O2. The number of amides is 1. The number of carbonyl (C=O) groups is 1. The normalized spacial score (nSPS) is 17.1. The Bertz CT molecular complexity index is 847. The second kappa shape index (κ2) is 6.72. The summed E-state index contributed by atoms with van der Waals surface area (Å²) in [6.07, 6.45) is 8.86. The molecule has 1 amide bonds. The van der Waals surface area contributed by atoms with E-state index in [0.717, 1.165) is 31.4 Å². The predicted octanol–water partition coefficient (Wildman–Crippen LogP) is 2.88. The second-order valence-corrected chi connectivity index (χ2v) is 6.60. The first-order valence-corrected chi connectivity index (χ1v) is 8.72. The molecule has 4 rings (SSSR count). The van der Waals surface area contributed by atoms with E-state index in [9.17, 15) is 4.79 Å². The van der Waals surface area contributed by atoms with Gasteiger partial charge in [-0.15, -0.1) is 0 Å². The van der Waals surface area contributed by atoms with Gasteiger partial charge in [0.15, 0.2) is 0 Å². The van der Waals surface area contributed by atoms with Crippen LogP contribution in [0.4, 0.5) is 0 Å². The minimum Gasteiger partial charge on any atom is -0.472 e. The SMILES string of the molecule is CC(NC1CCN(C(=O)c2ccoc2)CC1)c1cnn2ccccc12. The van der Waals surface area contributed by atoms with Gasteiger partial charge in [-0.3, -0.25) is 4.79 Å². The molecule has 1 aliphatic rings. The molecule has 0 bridgehead atoms. The smallest absolute Gasteiger partial charge is 0.257 e. The van der Waals surface area contributed by atoms with E-state index < -0.39 is 0 Å². The number of aromatic nitrogens is 2. The molecule has 4 heterocycles. The Morgan fingerprint density at radius 3 is 2.92 bits per heavy atom. The van der Waals surface area contributed by atoms with E-state index >= 15 is 0 Å². The zero-order valence-corrected chi connectivity index (χ0v) is 14.3. The van der Waals surface area contributed by atoms with Crippen LogP contribution in [0.1, 0.15) is 41.7 Å². The van der Waals surface area contributed by atoms with Crippen molar-refractivity contribution in [3.05, 3.63) is 60.3 Å². The zero-order chi connectivity index (χ0) is 17.2. The fourth-order valence-electron chi connectivity index (χ4n) is 3.55. The van der Waals surface area contributed by atoms with Crippen molar-refractivity contribution in [1.82, 2.24) is 19.8 Å². The molecule has 1 N–H and O–H groups in total. The molecule has 1 atom stereocenters. The summed E-state index contributed by atoms with van der Waals surface area (Å²) in [6.45, 7) is 3.71. The maximum absolute atomic E-state index is 12.4. The lowest BCUT2D eigenvalue weighted by Gasteiger charge is -2.33. The highest BCUT2D eigenvalue weighted by Gasteiger charge is 2.25. The molecule has 3 aromatic rings. The molecule has 0 radical (unpaired) electrons. The lowest BCUT2D eigenvalue weighted by Crippen LogP contribution is -2.45. The third-order valence-electron chi connectivity index (χ3n) is 4.96. The summed E-state index contributed by atoms with van der Waals surface area (Å²) in [4.78, 5) is 14.3. The van der Waals surface area contributed by atoms with Crippen molar-refractivity contribution in [2.75, 3.05) is 13.1 Å². The Balaban J connectivity index is 1.36. The monoisotopic (exact) mass is 338 g/mol. The van der Waals surface area contributed by atoms with Crippen LogP contribution >= 0.6 is 0 Å². The van der Waals surface area contributed by atoms with Crippen molar-refractivity contribution in [2.45, 2.75) is 31.8 Å². The van der Waals surface area contributed by atoms with Crippen LogP contribution in [0.25, 0.3) is 5.52 Å². The van der Waals surface area contributed by atoms with E-state index in [2.05, 4.69) is 23.4 Å². The standard InChI is InChI=1S/C19H22N4O2/c1-14(17-12-20-23-8-3-2-4-18(17)23)21-16-5-9-22(10-6-16)19(24)15-7-11-25-13-15/h2-4,7-8,11-14,16,21H,5-6,9-10H2,1H3. The number of carbonyl (C=O) groups excluding carboxylic acids is 1. The molecule has 1 aliphatic heterocycles. The van der Waals surface area contributed by atoms with Crippen LogP contribution in [0, 0.1) is 0 Å². The third kappa shape index (κ3) is 3.17. The molecule has 0 saturated carbocycles. The molecule has 130 valence electrons. The number of hydrogen-bond acceptors (Lipinski definition) is 4. The predicted molar refractivity (Wildman–Crippen MR) is 94.4 cm³/mol. The maximum Gasteiger partial charge on any atom is 0.257 e. The molecule has 1 unspecified atom stereocenters. The molecule has 6 heteroatoms. The Morgan fingerprint density at radius 1 is 1.32 bits per heavy atom. The molecule has 3 aromatic heterocycles. The highest BCUT2D eigenvalue weighted by molar-refractivity contribution is 5.93. The lowest BCUT2D eigenvalue weighted by molar-refractivity contribution is 0.0701. The first kappa shape index (κ1) is 15.9. The zero-order valence-electron chi connectivity index (χ0n) is 14.3. The van der Waals surface area contributed by atoms with E-state index in [0.29, 0.717) is 11.6 Å². The van der Waals surface area contributed by atoms with Crippen LogP contribution in [0.5, 0.6) is 0 Å². The molecular weight excluding hydrogens is 316 g/mol. The van der Waals surface area contributed by atoms with Gasteiger partial charge in [-0.2, -0.15) is 5.10 Å². The summed E-state index contributed by atoms with van der Waals surface area (Å²) < 4.78 is 6.91. The number of nitrogens with zero attached hydrogens (tertiary/aromatic N) is 3. The van der Waals surface area contributed by atoms with Crippen LogP contribution in [0.15, 0.2) is 53.6 Å². The summed E-state index contributed by atoms with van der Waals surface area (Å²) in [5, 5.41) is 8.11. The minimum atomic E-state index is 0.0582. The van der Waals surface area contributed by atoms with Crippen LogP contribution in [0.2, 0.25) is 0 Å². The van der Waals surface area contributed by atoms with E-state index in [1.165, 1.54) is 11.8 Å². The first-order valence-electron chi connectivity index (χ1n) is 8.72. The van der Waals surface area contributed by atoms with Crippen LogP contribution in [-0.4, -0.2) is 39.6 Å². The molecule has 1 fully saturated rings. The Kier molecular flexibility index (Phi) is 4.28. The number of furan rings is 1. The quantitative estimate of drug-likeness (QED) is 0.794. The number of hydrogen-bond donors (Lipinski definition) is 1. The van der Waals surface area contributed by atoms with Crippen LogP contribution in [0.3, 0.4) is 0 Å². The van der Waals surface area contributed by atoms with Gasteiger partial charge in [-0.05, 0) is 38.0 Å². The molecule has 6 nitrogen and oxygen atoms in total. The average molecular weight is 338 g/mol. The Morgan fingerprint density at radius 2 is 2.16 bits per heavy atom. The number of piperidine rings is 1. The highest BCUT2D eigenvalue weighted by Crippen LogP contribution is 2.22. The lowest BCUT2D eigenvalue weighted by atomic mass is 10.0. The van der Waals surface area contributed by atoms with Gasteiger partial charge in [-0.25, -0.2) is 4.52 Å². The topological polar surface area (TPSA) is 62.8 Å².